The number of hydrogen-bond donors (Lipinski definition) is 2. The molecule has 2 atom stereocenters. The van der Waals surface area contributed by atoms with Crippen LogP contribution in [-0.4, -0.2) is 35.7 Å². The number of methoxy groups -OCH3 is 1. The zero-order valence-electron chi connectivity index (χ0n) is 16.4. The van der Waals surface area contributed by atoms with E-state index in [1.54, 1.807) is 13.3 Å². The van der Waals surface area contributed by atoms with Crippen LogP contribution >= 0.6 is 0 Å². The summed E-state index contributed by atoms with van der Waals surface area (Å²) in [6, 6.07) is 7.51. The molecule has 0 saturated carbocycles. The van der Waals surface area contributed by atoms with Crippen molar-refractivity contribution in [2.24, 2.45) is 18.9 Å². The van der Waals surface area contributed by atoms with E-state index in [2.05, 4.69) is 22.5 Å². The Kier molecular flexibility index (Phi) is 6.50. The van der Waals surface area contributed by atoms with Crippen LogP contribution in [0.15, 0.2) is 36.7 Å². The maximum atomic E-state index is 12.8. The molecule has 6 nitrogen and oxygen atoms in total. The number of nitrogens with zero attached hydrogens (tertiary/aromatic N) is 2. The fourth-order valence-electron chi connectivity index (χ4n) is 3.84. The van der Waals surface area contributed by atoms with Crippen LogP contribution in [0.1, 0.15) is 43.6 Å². The lowest BCUT2D eigenvalue weighted by molar-refractivity contribution is -0.122. The average Bonchev–Trinajstić information content (AvgIpc) is 3.12. The molecule has 2 aromatic rings. The molecule has 0 bridgehead atoms. The van der Waals surface area contributed by atoms with Crippen LogP contribution in [0.3, 0.4) is 0 Å². The number of rotatable bonds is 7. The van der Waals surface area contributed by atoms with Crippen LogP contribution in [0, 0.1) is 11.8 Å². The number of amides is 1. The molecule has 1 aromatic heterocycles. The molecule has 146 valence electrons. The topological polar surface area (TPSA) is 68.2 Å². The Balaban J connectivity index is 1.72. The van der Waals surface area contributed by atoms with Crippen molar-refractivity contribution in [1.82, 2.24) is 20.2 Å². The summed E-state index contributed by atoms with van der Waals surface area (Å²) < 4.78 is 7.20. The predicted molar refractivity (Wildman–Crippen MR) is 106 cm³/mol. The third-order valence-electron chi connectivity index (χ3n) is 5.57. The molecule has 0 aliphatic carbocycles. The molecule has 1 aromatic carbocycles. The van der Waals surface area contributed by atoms with E-state index in [-0.39, 0.29) is 11.9 Å². The SMILES string of the molecule is COc1ccc(C(NC(=O)CC(C)C2CCNCC2)c2nccn2C)cc1. The van der Waals surface area contributed by atoms with Gasteiger partial charge in [0.05, 0.1) is 7.11 Å². The van der Waals surface area contributed by atoms with E-state index in [0.29, 0.717) is 18.3 Å². The van der Waals surface area contributed by atoms with E-state index in [0.717, 1.165) is 43.1 Å². The summed E-state index contributed by atoms with van der Waals surface area (Å²) in [7, 11) is 3.60. The van der Waals surface area contributed by atoms with E-state index in [4.69, 9.17) is 4.74 Å². The predicted octanol–water partition coefficient (Wildman–Crippen LogP) is 2.66. The number of hydrogen-bond acceptors (Lipinski definition) is 4. The van der Waals surface area contributed by atoms with E-state index in [1.807, 2.05) is 42.1 Å². The van der Waals surface area contributed by atoms with Crippen molar-refractivity contribution in [1.29, 1.82) is 0 Å². The Bertz CT molecular complexity index is 735. The fourth-order valence-corrected chi connectivity index (χ4v) is 3.84. The van der Waals surface area contributed by atoms with Gasteiger partial charge in [-0.25, -0.2) is 4.98 Å². The molecule has 0 spiro atoms. The van der Waals surface area contributed by atoms with Gasteiger partial charge in [0.15, 0.2) is 0 Å². The van der Waals surface area contributed by atoms with Gasteiger partial charge in [0.1, 0.15) is 17.6 Å². The monoisotopic (exact) mass is 370 g/mol. The van der Waals surface area contributed by atoms with Gasteiger partial charge in [-0.3, -0.25) is 4.79 Å². The third-order valence-corrected chi connectivity index (χ3v) is 5.57. The lowest BCUT2D eigenvalue weighted by Gasteiger charge is -2.28. The van der Waals surface area contributed by atoms with Crippen molar-refractivity contribution in [2.45, 2.75) is 32.2 Å². The Hall–Kier alpha value is -2.34. The first-order valence-electron chi connectivity index (χ1n) is 9.69. The number of piperidine rings is 1. The zero-order valence-corrected chi connectivity index (χ0v) is 16.4. The highest BCUT2D eigenvalue weighted by Gasteiger charge is 2.25. The molecule has 1 fully saturated rings. The van der Waals surface area contributed by atoms with E-state index in [9.17, 15) is 4.79 Å². The quantitative estimate of drug-likeness (QED) is 0.786. The Morgan fingerprint density at radius 3 is 2.63 bits per heavy atom. The van der Waals surface area contributed by atoms with Gasteiger partial charge >= 0.3 is 0 Å². The fraction of sp³-hybridized carbons (Fsp3) is 0.524. The normalized spacial score (nSPS) is 17.3. The van der Waals surface area contributed by atoms with Gasteiger partial charge in [-0.2, -0.15) is 0 Å². The van der Waals surface area contributed by atoms with Gasteiger partial charge in [-0.05, 0) is 55.5 Å². The lowest BCUT2D eigenvalue weighted by Crippen LogP contribution is -2.35. The van der Waals surface area contributed by atoms with Crippen LogP contribution in [0.4, 0.5) is 0 Å². The summed E-state index contributed by atoms with van der Waals surface area (Å²) in [6.07, 6.45) is 6.50. The van der Waals surface area contributed by atoms with Crippen molar-refractivity contribution in [2.75, 3.05) is 20.2 Å². The first-order valence-corrected chi connectivity index (χ1v) is 9.69. The highest BCUT2D eigenvalue weighted by Crippen LogP contribution is 2.26. The Morgan fingerprint density at radius 2 is 2.04 bits per heavy atom. The van der Waals surface area contributed by atoms with Crippen molar-refractivity contribution >= 4 is 5.91 Å². The molecular weight excluding hydrogens is 340 g/mol. The maximum Gasteiger partial charge on any atom is 0.221 e. The molecular formula is C21H30N4O2. The van der Waals surface area contributed by atoms with Crippen LogP contribution in [-0.2, 0) is 11.8 Å². The Labute approximate surface area is 161 Å². The average molecular weight is 370 g/mol. The first-order chi connectivity index (χ1) is 13.1. The standard InChI is InChI=1S/C21H30N4O2/c1-15(16-8-10-22-11-9-16)14-19(26)24-20(21-23-12-13-25(21)2)17-4-6-18(27-3)7-5-17/h4-7,12-13,15-16,20,22H,8-11,14H2,1-3H3,(H,24,26). The summed E-state index contributed by atoms with van der Waals surface area (Å²) >= 11 is 0. The Morgan fingerprint density at radius 1 is 1.33 bits per heavy atom. The van der Waals surface area contributed by atoms with Gasteiger partial charge < -0.3 is 19.9 Å². The molecule has 6 heteroatoms. The van der Waals surface area contributed by atoms with Gasteiger partial charge in [0, 0.05) is 25.9 Å². The molecule has 3 rings (SSSR count). The number of carbonyl (C=O) groups is 1. The first kappa shape index (κ1) is 19.4. The van der Waals surface area contributed by atoms with Gasteiger partial charge in [0.2, 0.25) is 5.91 Å². The number of carbonyl (C=O) groups excluding carboxylic acids is 1. The van der Waals surface area contributed by atoms with E-state index in [1.165, 1.54) is 0 Å². The highest BCUT2D eigenvalue weighted by atomic mass is 16.5. The van der Waals surface area contributed by atoms with E-state index >= 15 is 0 Å². The number of ether oxygens (including phenoxy) is 1. The third kappa shape index (κ3) is 4.89. The molecule has 2 N–H and O–H groups in total. The second-order valence-electron chi connectivity index (χ2n) is 7.44. The minimum absolute atomic E-state index is 0.0739. The minimum atomic E-state index is -0.274. The number of benzene rings is 1. The molecule has 1 amide bonds. The van der Waals surface area contributed by atoms with Crippen LogP contribution in [0.5, 0.6) is 5.75 Å². The summed E-state index contributed by atoms with van der Waals surface area (Å²) in [4.78, 5) is 17.3. The highest BCUT2D eigenvalue weighted by molar-refractivity contribution is 5.77. The van der Waals surface area contributed by atoms with Crippen molar-refractivity contribution in [3.8, 4) is 5.75 Å². The van der Waals surface area contributed by atoms with Crippen LogP contribution in [0.25, 0.3) is 0 Å². The second kappa shape index (κ2) is 9.04. The van der Waals surface area contributed by atoms with Gasteiger partial charge in [-0.15, -0.1) is 0 Å². The van der Waals surface area contributed by atoms with Crippen molar-refractivity contribution in [3.05, 3.63) is 48.0 Å². The number of imidazole rings is 1. The van der Waals surface area contributed by atoms with Crippen LogP contribution < -0.4 is 15.4 Å². The maximum absolute atomic E-state index is 12.8. The summed E-state index contributed by atoms with van der Waals surface area (Å²) in [5.74, 6) is 2.69. The molecule has 0 radical (unpaired) electrons. The second-order valence-corrected chi connectivity index (χ2v) is 7.44. The molecule has 1 aliphatic heterocycles. The van der Waals surface area contributed by atoms with Crippen LogP contribution in [0.2, 0.25) is 0 Å². The van der Waals surface area contributed by atoms with Gasteiger partial charge in [0.25, 0.3) is 0 Å². The molecule has 1 saturated heterocycles. The largest absolute Gasteiger partial charge is 0.497 e. The smallest absolute Gasteiger partial charge is 0.221 e. The lowest BCUT2D eigenvalue weighted by atomic mass is 9.84. The number of aromatic nitrogens is 2. The number of aryl methyl sites for hydroxylation is 1. The summed E-state index contributed by atoms with van der Waals surface area (Å²) in [5.41, 5.74) is 0.993. The minimum Gasteiger partial charge on any atom is -0.497 e. The molecule has 27 heavy (non-hydrogen) atoms. The molecule has 2 unspecified atom stereocenters. The number of nitrogens with one attached hydrogen (secondary N) is 2. The van der Waals surface area contributed by atoms with Crippen molar-refractivity contribution in [3.63, 3.8) is 0 Å². The van der Waals surface area contributed by atoms with Crippen molar-refractivity contribution < 1.29 is 9.53 Å². The molecule has 2 heterocycles. The zero-order chi connectivity index (χ0) is 19.2. The van der Waals surface area contributed by atoms with E-state index < -0.39 is 0 Å². The van der Waals surface area contributed by atoms with Gasteiger partial charge in [-0.1, -0.05) is 19.1 Å². The summed E-state index contributed by atoms with van der Waals surface area (Å²) in [5, 5.41) is 6.59. The molecule has 1 aliphatic rings. The summed E-state index contributed by atoms with van der Waals surface area (Å²) in [6.45, 7) is 4.30.